The van der Waals surface area contributed by atoms with Crippen LogP contribution in [0.2, 0.25) is 0 Å². The van der Waals surface area contributed by atoms with Crippen molar-refractivity contribution >= 4 is 27.1 Å². The SMILES string of the molecule is Cc1ccc(S(=O)(=O)CC(=O)Nc2ccccc2N2CCN(C)CC2)cc1. The van der Waals surface area contributed by atoms with E-state index in [-0.39, 0.29) is 4.90 Å². The molecule has 0 radical (unpaired) electrons. The lowest BCUT2D eigenvalue weighted by Gasteiger charge is -2.35. The number of anilines is 2. The van der Waals surface area contributed by atoms with Crippen LogP contribution in [0.1, 0.15) is 5.56 Å². The topological polar surface area (TPSA) is 69.7 Å². The third-order valence-electron chi connectivity index (χ3n) is 4.72. The first-order valence-electron chi connectivity index (χ1n) is 8.97. The first-order chi connectivity index (χ1) is 12.8. The second-order valence-electron chi connectivity index (χ2n) is 6.93. The number of nitrogens with one attached hydrogen (secondary N) is 1. The summed E-state index contributed by atoms with van der Waals surface area (Å²) in [5.74, 6) is -1.11. The molecule has 144 valence electrons. The summed E-state index contributed by atoms with van der Waals surface area (Å²) in [6, 6.07) is 14.1. The van der Waals surface area contributed by atoms with E-state index in [9.17, 15) is 13.2 Å². The van der Waals surface area contributed by atoms with E-state index in [0.29, 0.717) is 5.69 Å². The number of carbonyl (C=O) groups excluding carboxylic acids is 1. The molecular weight excluding hydrogens is 362 g/mol. The van der Waals surface area contributed by atoms with Crippen LogP contribution in [0.25, 0.3) is 0 Å². The van der Waals surface area contributed by atoms with Gasteiger partial charge in [0.05, 0.1) is 16.3 Å². The molecule has 1 aliphatic rings. The Labute approximate surface area is 160 Å². The molecule has 2 aromatic rings. The van der Waals surface area contributed by atoms with Gasteiger partial charge in [-0.1, -0.05) is 29.8 Å². The van der Waals surface area contributed by atoms with E-state index in [0.717, 1.165) is 37.4 Å². The van der Waals surface area contributed by atoms with Crippen molar-refractivity contribution in [2.24, 2.45) is 0 Å². The van der Waals surface area contributed by atoms with E-state index in [1.54, 1.807) is 12.1 Å². The number of sulfone groups is 1. The summed E-state index contributed by atoms with van der Waals surface area (Å²) >= 11 is 0. The molecule has 7 heteroatoms. The Hall–Kier alpha value is -2.38. The van der Waals surface area contributed by atoms with Crippen molar-refractivity contribution in [1.29, 1.82) is 0 Å². The highest BCUT2D eigenvalue weighted by Gasteiger charge is 2.21. The van der Waals surface area contributed by atoms with E-state index >= 15 is 0 Å². The number of rotatable bonds is 5. The monoisotopic (exact) mass is 387 g/mol. The van der Waals surface area contributed by atoms with Crippen LogP contribution < -0.4 is 10.2 Å². The van der Waals surface area contributed by atoms with Crippen molar-refractivity contribution in [2.45, 2.75) is 11.8 Å². The lowest BCUT2D eigenvalue weighted by Crippen LogP contribution is -2.44. The van der Waals surface area contributed by atoms with Gasteiger partial charge in [-0.05, 0) is 38.2 Å². The predicted octanol–water partition coefficient (Wildman–Crippen LogP) is 2.16. The van der Waals surface area contributed by atoms with Crippen LogP contribution >= 0.6 is 0 Å². The molecule has 1 heterocycles. The van der Waals surface area contributed by atoms with Crippen molar-refractivity contribution in [3.63, 3.8) is 0 Å². The van der Waals surface area contributed by atoms with Gasteiger partial charge in [-0.3, -0.25) is 4.79 Å². The lowest BCUT2D eigenvalue weighted by molar-refractivity contribution is -0.113. The van der Waals surface area contributed by atoms with Gasteiger partial charge in [-0.15, -0.1) is 0 Å². The van der Waals surface area contributed by atoms with Gasteiger partial charge in [0.1, 0.15) is 5.75 Å². The predicted molar refractivity (Wildman–Crippen MR) is 108 cm³/mol. The fourth-order valence-electron chi connectivity index (χ4n) is 3.09. The molecule has 27 heavy (non-hydrogen) atoms. The number of benzene rings is 2. The van der Waals surface area contributed by atoms with Crippen LogP contribution in [-0.4, -0.2) is 58.2 Å². The lowest BCUT2D eigenvalue weighted by atomic mass is 10.2. The summed E-state index contributed by atoms with van der Waals surface area (Å²) in [4.78, 5) is 17.1. The number of likely N-dealkylation sites (N-methyl/N-ethyl adjacent to an activating group) is 1. The third kappa shape index (κ3) is 4.87. The molecule has 1 saturated heterocycles. The van der Waals surface area contributed by atoms with E-state index in [1.165, 1.54) is 12.1 Å². The quantitative estimate of drug-likeness (QED) is 0.851. The number of hydrogen-bond acceptors (Lipinski definition) is 5. The summed E-state index contributed by atoms with van der Waals surface area (Å²) in [5.41, 5.74) is 2.54. The Morgan fingerprint density at radius 2 is 1.63 bits per heavy atom. The van der Waals surface area contributed by atoms with Gasteiger partial charge >= 0.3 is 0 Å². The summed E-state index contributed by atoms with van der Waals surface area (Å²) in [5, 5.41) is 2.78. The molecular formula is C20H25N3O3S. The maximum atomic E-state index is 12.5. The molecule has 1 aliphatic heterocycles. The highest BCUT2D eigenvalue weighted by molar-refractivity contribution is 7.92. The molecule has 0 aromatic heterocycles. The highest BCUT2D eigenvalue weighted by Crippen LogP contribution is 2.26. The molecule has 6 nitrogen and oxygen atoms in total. The summed E-state index contributed by atoms with van der Waals surface area (Å²) in [7, 11) is -1.59. The standard InChI is InChI=1S/C20H25N3O3S/c1-16-7-9-17(10-8-16)27(25,26)15-20(24)21-18-5-3-4-6-19(18)23-13-11-22(2)12-14-23/h3-10H,11-15H2,1-2H3,(H,21,24). The second-order valence-corrected chi connectivity index (χ2v) is 8.92. The van der Waals surface area contributed by atoms with Crippen molar-refractivity contribution < 1.29 is 13.2 Å². The van der Waals surface area contributed by atoms with Crippen LogP contribution in [0.15, 0.2) is 53.4 Å². The van der Waals surface area contributed by atoms with Crippen molar-refractivity contribution in [3.05, 3.63) is 54.1 Å². The minimum absolute atomic E-state index is 0.163. The number of amides is 1. The number of para-hydroxylation sites is 2. The molecule has 0 bridgehead atoms. The molecule has 3 rings (SSSR count). The largest absolute Gasteiger partial charge is 0.367 e. The highest BCUT2D eigenvalue weighted by atomic mass is 32.2. The third-order valence-corrected chi connectivity index (χ3v) is 6.36. The van der Waals surface area contributed by atoms with Gasteiger partial charge in [-0.25, -0.2) is 8.42 Å². The molecule has 1 amide bonds. The Morgan fingerprint density at radius 1 is 1.00 bits per heavy atom. The fraction of sp³-hybridized carbons (Fsp3) is 0.350. The van der Waals surface area contributed by atoms with E-state index in [2.05, 4.69) is 22.2 Å². The maximum absolute atomic E-state index is 12.5. The van der Waals surface area contributed by atoms with Crippen LogP contribution in [0.4, 0.5) is 11.4 Å². The van der Waals surface area contributed by atoms with E-state index < -0.39 is 21.5 Å². The summed E-state index contributed by atoms with van der Waals surface area (Å²) in [6.45, 7) is 5.52. The van der Waals surface area contributed by atoms with Crippen LogP contribution in [0.3, 0.4) is 0 Å². The maximum Gasteiger partial charge on any atom is 0.240 e. The van der Waals surface area contributed by atoms with Gasteiger partial charge in [-0.2, -0.15) is 0 Å². The first-order valence-corrected chi connectivity index (χ1v) is 10.6. The molecule has 2 aromatic carbocycles. The number of piperazine rings is 1. The average Bonchev–Trinajstić information content (AvgIpc) is 2.63. The van der Waals surface area contributed by atoms with Crippen molar-refractivity contribution in [2.75, 3.05) is 49.2 Å². The van der Waals surface area contributed by atoms with Gasteiger partial charge < -0.3 is 15.1 Å². The molecule has 1 N–H and O–H groups in total. The van der Waals surface area contributed by atoms with Crippen molar-refractivity contribution in [1.82, 2.24) is 4.90 Å². The van der Waals surface area contributed by atoms with Gasteiger partial charge in [0.15, 0.2) is 9.84 Å². The number of nitrogens with zero attached hydrogens (tertiary/aromatic N) is 2. The Bertz CT molecular complexity index is 902. The minimum atomic E-state index is -3.67. The Morgan fingerprint density at radius 3 is 2.30 bits per heavy atom. The van der Waals surface area contributed by atoms with Crippen LogP contribution in [0, 0.1) is 6.92 Å². The zero-order valence-corrected chi connectivity index (χ0v) is 16.5. The van der Waals surface area contributed by atoms with Gasteiger partial charge in [0, 0.05) is 26.2 Å². The van der Waals surface area contributed by atoms with E-state index in [4.69, 9.17) is 0 Å². The molecule has 0 saturated carbocycles. The normalized spacial score (nSPS) is 15.6. The number of hydrogen-bond donors (Lipinski definition) is 1. The average molecular weight is 388 g/mol. The van der Waals surface area contributed by atoms with Crippen LogP contribution in [0.5, 0.6) is 0 Å². The molecule has 1 fully saturated rings. The second kappa shape index (κ2) is 8.10. The minimum Gasteiger partial charge on any atom is -0.367 e. The first kappa shape index (κ1) is 19.4. The smallest absolute Gasteiger partial charge is 0.240 e. The number of aryl methyl sites for hydroxylation is 1. The van der Waals surface area contributed by atoms with Crippen molar-refractivity contribution in [3.8, 4) is 0 Å². The molecule has 0 unspecified atom stereocenters. The molecule has 0 atom stereocenters. The van der Waals surface area contributed by atoms with E-state index in [1.807, 2.05) is 31.2 Å². The van der Waals surface area contributed by atoms with Crippen LogP contribution in [-0.2, 0) is 14.6 Å². The number of carbonyl (C=O) groups is 1. The summed E-state index contributed by atoms with van der Waals surface area (Å²) in [6.07, 6.45) is 0. The zero-order chi connectivity index (χ0) is 19.4. The zero-order valence-electron chi connectivity index (χ0n) is 15.7. The molecule has 0 aliphatic carbocycles. The Kier molecular flexibility index (Phi) is 5.82. The molecule has 0 spiro atoms. The van der Waals surface area contributed by atoms with Gasteiger partial charge in [0.25, 0.3) is 0 Å². The Balaban J connectivity index is 1.72. The van der Waals surface area contributed by atoms with Gasteiger partial charge in [0.2, 0.25) is 5.91 Å². The fourth-order valence-corrected chi connectivity index (χ4v) is 4.23. The summed E-state index contributed by atoms with van der Waals surface area (Å²) < 4.78 is 25.0.